The van der Waals surface area contributed by atoms with Gasteiger partial charge in [-0.1, -0.05) is 48.5 Å². The van der Waals surface area contributed by atoms with Crippen LogP contribution in [-0.2, 0) is 13.0 Å². The maximum absolute atomic E-state index is 12.8. The molecule has 0 saturated carbocycles. The van der Waals surface area contributed by atoms with E-state index < -0.39 is 0 Å². The SMILES string of the molecule is COc1cccc(C(=O)NCc2nc(NCCCc3ccccc3)c3ccccc3n2)c1OC. The number of carbonyl (C=O) groups is 1. The lowest BCUT2D eigenvalue weighted by molar-refractivity contribution is 0.0946. The van der Waals surface area contributed by atoms with Gasteiger partial charge in [-0.15, -0.1) is 0 Å². The highest BCUT2D eigenvalue weighted by Gasteiger charge is 2.17. The zero-order valence-corrected chi connectivity index (χ0v) is 19.4. The average molecular weight is 457 g/mol. The lowest BCUT2D eigenvalue weighted by Gasteiger charge is -2.13. The van der Waals surface area contributed by atoms with Crippen LogP contribution in [0.2, 0.25) is 0 Å². The summed E-state index contributed by atoms with van der Waals surface area (Å²) < 4.78 is 10.7. The van der Waals surface area contributed by atoms with E-state index in [-0.39, 0.29) is 12.5 Å². The fraction of sp³-hybridized carbons (Fsp3) is 0.222. The van der Waals surface area contributed by atoms with Crippen LogP contribution in [0.15, 0.2) is 72.8 Å². The van der Waals surface area contributed by atoms with Crippen molar-refractivity contribution in [1.82, 2.24) is 15.3 Å². The quantitative estimate of drug-likeness (QED) is 0.339. The van der Waals surface area contributed by atoms with Crippen molar-refractivity contribution in [2.45, 2.75) is 19.4 Å². The monoisotopic (exact) mass is 456 g/mol. The van der Waals surface area contributed by atoms with Gasteiger partial charge in [0.05, 0.1) is 31.8 Å². The van der Waals surface area contributed by atoms with Crippen LogP contribution in [0.25, 0.3) is 10.9 Å². The summed E-state index contributed by atoms with van der Waals surface area (Å²) in [7, 11) is 3.05. The summed E-state index contributed by atoms with van der Waals surface area (Å²) >= 11 is 0. The van der Waals surface area contributed by atoms with Gasteiger partial charge in [0.25, 0.3) is 5.91 Å². The third kappa shape index (κ3) is 5.43. The first kappa shape index (κ1) is 23.0. The Morgan fingerprint density at radius 1 is 0.882 bits per heavy atom. The Kier molecular flexibility index (Phi) is 7.55. The number of rotatable bonds is 10. The number of carbonyl (C=O) groups excluding carboxylic acids is 1. The zero-order chi connectivity index (χ0) is 23.8. The largest absolute Gasteiger partial charge is 0.493 e. The predicted octanol–water partition coefficient (Wildman–Crippen LogP) is 4.62. The van der Waals surface area contributed by atoms with E-state index in [1.165, 1.54) is 19.8 Å². The lowest BCUT2D eigenvalue weighted by atomic mass is 10.1. The Balaban J connectivity index is 1.46. The number of methoxy groups -OCH3 is 2. The Morgan fingerprint density at radius 2 is 1.68 bits per heavy atom. The third-order valence-corrected chi connectivity index (χ3v) is 5.48. The van der Waals surface area contributed by atoms with Crippen LogP contribution < -0.4 is 20.1 Å². The van der Waals surface area contributed by atoms with Crippen LogP contribution in [0.3, 0.4) is 0 Å². The Bertz CT molecular complexity index is 1260. The van der Waals surface area contributed by atoms with Crippen molar-refractivity contribution in [2.75, 3.05) is 26.1 Å². The molecule has 0 unspecified atom stereocenters. The number of aromatic nitrogens is 2. The van der Waals surface area contributed by atoms with E-state index in [9.17, 15) is 4.79 Å². The lowest BCUT2D eigenvalue weighted by Crippen LogP contribution is -2.25. The van der Waals surface area contributed by atoms with E-state index >= 15 is 0 Å². The van der Waals surface area contributed by atoms with E-state index in [0.717, 1.165) is 36.1 Å². The minimum Gasteiger partial charge on any atom is -0.493 e. The molecular weight excluding hydrogens is 428 g/mol. The first-order chi connectivity index (χ1) is 16.7. The minimum atomic E-state index is -0.287. The molecule has 4 aromatic rings. The van der Waals surface area contributed by atoms with Gasteiger partial charge in [-0.2, -0.15) is 0 Å². The molecule has 0 aliphatic heterocycles. The topological polar surface area (TPSA) is 85.4 Å². The van der Waals surface area contributed by atoms with Gasteiger partial charge in [0.15, 0.2) is 17.3 Å². The van der Waals surface area contributed by atoms with Crippen LogP contribution in [0, 0.1) is 0 Å². The minimum absolute atomic E-state index is 0.183. The van der Waals surface area contributed by atoms with E-state index in [2.05, 4.69) is 39.9 Å². The molecule has 0 atom stereocenters. The number of amides is 1. The molecule has 3 aromatic carbocycles. The van der Waals surface area contributed by atoms with Crippen LogP contribution in [0.1, 0.15) is 28.2 Å². The Morgan fingerprint density at radius 3 is 2.47 bits per heavy atom. The highest BCUT2D eigenvalue weighted by atomic mass is 16.5. The molecule has 1 aromatic heterocycles. The van der Waals surface area contributed by atoms with Gasteiger partial charge >= 0.3 is 0 Å². The zero-order valence-electron chi connectivity index (χ0n) is 19.4. The first-order valence-electron chi connectivity index (χ1n) is 11.2. The van der Waals surface area contributed by atoms with Gasteiger partial charge < -0.3 is 20.1 Å². The van der Waals surface area contributed by atoms with Gasteiger partial charge in [-0.05, 0) is 42.7 Å². The second-order valence-electron chi connectivity index (χ2n) is 7.75. The molecule has 7 nitrogen and oxygen atoms in total. The number of nitrogens with one attached hydrogen (secondary N) is 2. The molecule has 0 aliphatic carbocycles. The standard InChI is InChI=1S/C27H28N4O3/c1-33-23-16-8-14-21(25(23)34-2)27(32)29-18-24-30-22-15-7-6-13-20(22)26(31-24)28-17-9-12-19-10-4-3-5-11-19/h3-8,10-11,13-16H,9,12,17-18H2,1-2H3,(H,29,32)(H,28,30,31). The smallest absolute Gasteiger partial charge is 0.255 e. The van der Waals surface area contributed by atoms with Crippen molar-refractivity contribution in [3.63, 3.8) is 0 Å². The average Bonchev–Trinajstić information content (AvgIpc) is 2.89. The molecule has 0 radical (unpaired) electrons. The van der Waals surface area contributed by atoms with E-state index in [4.69, 9.17) is 14.5 Å². The second kappa shape index (κ2) is 11.1. The number of aryl methyl sites for hydroxylation is 1. The molecule has 0 spiro atoms. The molecule has 2 N–H and O–H groups in total. The Labute approximate surface area is 199 Å². The molecule has 1 heterocycles. The predicted molar refractivity (Wildman–Crippen MR) is 134 cm³/mol. The Hall–Kier alpha value is -4.13. The fourth-order valence-electron chi connectivity index (χ4n) is 3.80. The number of benzene rings is 3. The van der Waals surface area contributed by atoms with Gasteiger partial charge in [0, 0.05) is 11.9 Å². The molecule has 0 aliphatic rings. The number of hydrogen-bond acceptors (Lipinski definition) is 6. The maximum atomic E-state index is 12.8. The summed E-state index contributed by atoms with van der Waals surface area (Å²) in [6.07, 6.45) is 1.96. The van der Waals surface area contributed by atoms with E-state index in [1.54, 1.807) is 18.2 Å². The second-order valence-corrected chi connectivity index (χ2v) is 7.75. The van der Waals surface area contributed by atoms with Crippen LogP contribution in [-0.4, -0.2) is 36.6 Å². The van der Waals surface area contributed by atoms with Crippen molar-refractivity contribution in [3.8, 4) is 11.5 Å². The van der Waals surface area contributed by atoms with Crippen LogP contribution in [0.5, 0.6) is 11.5 Å². The van der Waals surface area contributed by atoms with Crippen LogP contribution in [0.4, 0.5) is 5.82 Å². The molecule has 1 amide bonds. The summed E-state index contributed by atoms with van der Waals surface area (Å²) in [5.74, 6) is 1.90. The van der Waals surface area contributed by atoms with Gasteiger partial charge in [-0.3, -0.25) is 4.79 Å². The van der Waals surface area contributed by atoms with E-state index in [1.807, 2.05) is 30.3 Å². The molecule has 0 bridgehead atoms. The maximum Gasteiger partial charge on any atom is 0.255 e. The summed E-state index contributed by atoms with van der Waals surface area (Å²) in [5.41, 5.74) is 2.53. The molecule has 7 heteroatoms. The number of para-hydroxylation sites is 2. The molecule has 4 rings (SSSR count). The van der Waals surface area contributed by atoms with Gasteiger partial charge in [-0.25, -0.2) is 9.97 Å². The number of hydrogen-bond donors (Lipinski definition) is 2. The molecule has 174 valence electrons. The van der Waals surface area contributed by atoms with Crippen molar-refractivity contribution < 1.29 is 14.3 Å². The van der Waals surface area contributed by atoms with Gasteiger partial charge in [0.2, 0.25) is 0 Å². The highest BCUT2D eigenvalue weighted by Crippen LogP contribution is 2.30. The van der Waals surface area contributed by atoms with Crippen molar-refractivity contribution in [1.29, 1.82) is 0 Å². The molecule has 34 heavy (non-hydrogen) atoms. The van der Waals surface area contributed by atoms with Crippen LogP contribution >= 0.6 is 0 Å². The summed E-state index contributed by atoms with van der Waals surface area (Å²) in [6.45, 7) is 0.964. The normalized spacial score (nSPS) is 10.6. The highest BCUT2D eigenvalue weighted by molar-refractivity contribution is 5.97. The molecular formula is C27H28N4O3. The summed E-state index contributed by atoms with van der Waals surface area (Å²) in [4.78, 5) is 22.2. The number of anilines is 1. The van der Waals surface area contributed by atoms with Crippen molar-refractivity contribution in [2.24, 2.45) is 0 Å². The summed E-state index contributed by atoms with van der Waals surface area (Å²) in [5, 5.41) is 7.30. The first-order valence-corrected chi connectivity index (χ1v) is 11.2. The van der Waals surface area contributed by atoms with Crippen molar-refractivity contribution >= 4 is 22.6 Å². The number of ether oxygens (including phenoxy) is 2. The third-order valence-electron chi connectivity index (χ3n) is 5.48. The molecule has 0 fully saturated rings. The van der Waals surface area contributed by atoms with E-state index in [0.29, 0.717) is 22.9 Å². The number of fused-ring (bicyclic) bond motifs is 1. The number of nitrogens with zero attached hydrogens (tertiary/aromatic N) is 2. The van der Waals surface area contributed by atoms with Gasteiger partial charge in [0.1, 0.15) is 5.82 Å². The van der Waals surface area contributed by atoms with Crippen molar-refractivity contribution in [3.05, 3.63) is 89.7 Å². The summed E-state index contributed by atoms with van der Waals surface area (Å²) in [6, 6.07) is 23.5. The fourth-order valence-corrected chi connectivity index (χ4v) is 3.80. The molecule has 0 saturated heterocycles.